The largest absolute Gasteiger partial charge is 0.451 e. The summed E-state index contributed by atoms with van der Waals surface area (Å²) < 4.78 is 10.3. The normalized spacial score (nSPS) is 18.5. The zero-order valence-electron chi connectivity index (χ0n) is 12.6. The fourth-order valence-corrected chi connectivity index (χ4v) is 2.13. The van der Waals surface area contributed by atoms with Gasteiger partial charge in [0.05, 0.1) is 0 Å². The molecule has 0 unspecified atom stereocenters. The highest BCUT2D eigenvalue weighted by Crippen LogP contribution is 2.15. The van der Waals surface area contributed by atoms with Crippen LogP contribution < -0.4 is 5.32 Å². The number of carbonyl (C=O) groups is 3. The van der Waals surface area contributed by atoms with Crippen molar-refractivity contribution in [3.8, 4) is 0 Å². The summed E-state index contributed by atoms with van der Waals surface area (Å²) in [7, 11) is 0. The Morgan fingerprint density at radius 2 is 2.14 bits per heavy atom. The Morgan fingerprint density at radius 1 is 1.36 bits per heavy atom. The van der Waals surface area contributed by atoms with E-state index >= 15 is 0 Å². The number of anilines is 1. The summed E-state index contributed by atoms with van der Waals surface area (Å²) in [6, 6.07) is 6.59. The van der Waals surface area contributed by atoms with Crippen molar-refractivity contribution in [3.05, 3.63) is 29.8 Å². The fourth-order valence-electron chi connectivity index (χ4n) is 2.13. The molecule has 1 amide bonds. The molecule has 118 valence electrons. The lowest BCUT2D eigenvalue weighted by molar-refractivity contribution is -0.162. The number of hydrogen-bond acceptors (Lipinski definition) is 5. The zero-order valence-corrected chi connectivity index (χ0v) is 12.6. The molecule has 2 rings (SSSR count). The van der Waals surface area contributed by atoms with Crippen molar-refractivity contribution < 1.29 is 23.9 Å². The molecule has 1 N–H and O–H groups in total. The number of Topliss-reactive ketones (excluding diaryl/α,β-unsaturated/α-hetero) is 1. The fraction of sp³-hybridized carbons (Fsp3) is 0.438. The van der Waals surface area contributed by atoms with E-state index in [9.17, 15) is 14.4 Å². The van der Waals surface area contributed by atoms with Crippen molar-refractivity contribution in [2.45, 2.75) is 38.9 Å². The lowest BCUT2D eigenvalue weighted by Gasteiger charge is -2.16. The summed E-state index contributed by atoms with van der Waals surface area (Å²) in [5.41, 5.74) is 0.986. The third-order valence-electron chi connectivity index (χ3n) is 3.39. The van der Waals surface area contributed by atoms with Crippen molar-refractivity contribution in [2.75, 3.05) is 11.9 Å². The second-order valence-corrected chi connectivity index (χ2v) is 5.21. The molecule has 1 aliphatic rings. The van der Waals surface area contributed by atoms with Crippen molar-refractivity contribution in [2.24, 2.45) is 0 Å². The van der Waals surface area contributed by atoms with E-state index in [-0.39, 0.29) is 5.78 Å². The van der Waals surface area contributed by atoms with E-state index in [2.05, 4.69) is 5.32 Å². The van der Waals surface area contributed by atoms with Gasteiger partial charge in [-0.1, -0.05) is 12.1 Å². The van der Waals surface area contributed by atoms with E-state index in [1.807, 2.05) is 0 Å². The van der Waals surface area contributed by atoms with Crippen LogP contribution in [-0.2, 0) is 19.1 Å². The van der Waals surface area contributed by atoms with Crippen LogP contribution in [-0.4, -0.2) is 36.5 Å². The van der Waals surface area contributed by atoms with Crippen molar-refractivity contribution >= 4 is 23.3 Å². The topological polar surface area (TPSA) is 81.7 Å². The molecule has 1 saturated heterocycles. The molecule has 6 nitrogen and oxygen atoms in total. The van der Waals surface area contributed by atoms with Crippen LogP contribution in [0.25, 0.3) is 0 Å². The van der Waals surface area contributed by atoms with Crippen LogP contribution in [0.5, 0.6) is 0 Å². The molecule has 6 heteroatoms. The highest BCUT2D eigenvalue weighted by molar-refractivity contribution is 5.98. The molecule has 0 saturated carbocycles. The van der Waals surface area contributed by atoms with Gasteiger partial charge in [0, 0.05) is 17.9 Å². The lowest BCUT2D eigenvalue weighted by atomic mass is 10.1. The van der Waals surface area contributed by atoms with Gasteiger partial charge >= 0.3 is 5.97 Å². The lowest BCUT2D eigenvalue weighted by Crippen LogP contribution is -2.34. The average Bonchev–Trinajstić information content (AvgIpc) is 3.01. The minimum atomic E-state index is -0.933. The Kier molecular flexibility index (Phi) is 5.27. The van der Waals surface area contributed by atoms with E-state index in [1.54, 1.807) is 24.3 Å². The van der Waals surface area contributed by atoms with Gasteiger partial charge in [-0.25, -0.2) is 4.79 Å². The number of ether oxygens (including phenoxy) is 2. The minimum absolute atomic E-state index is 0.0889. The van der Waals surface area contributed by atoms with Gasteiger partial charge in [0.1, 0.15) is 0 Å². The van der Waals surface area contributed by atoms with E-state index in [0.717, 1.165) is 6.42 Å². The summed E-state index contributed by atoms with van der Waals surface area (Å²) in [6.45, 7) is 3.49. The first-order chi connectivity index (χ1) is 10.5. The zero-order chi connectivity index (χ0) is 16.1. The molecule has 1 aromatic carbocycles. The maximum absolute atomic E-state index is 12.0. The van der Waals surface area contributed by atoms with Crippen LogP contribution in [0.3, 0.4) is 0 Å². The summed E-state index contributed by atoms with van der Waals surface area (Å²) in [4.78, 5) is 35.1. The Labute approximate surface area is 128 Å². The third kappa shape index (κ3) is 4.14. The van der Waals surface area contributed by atoms with Crippen molar-refractivity contribution in [1.82, 2.24) is 0 Å². The minimum Gasteiger partial charge on any atom is -0.451 e. The highest BCUT2D eigenvalue weighted by atomic mass is 16.6. The summed E-state index contributed by atoms with van der Waals surface area (Å²) in [5.74, 6) is -1.06. The summed E-state index contributed by atoms with van der Waals surface area (Å²) in [5, 5.41) is 2.62. The molecule has 2 atom stereocenters. The summed E-state index contributed by atoms with van der Waals surface area (Å²) >= 11 is 0. The first-order valence-corrected chi connectivity index (χ1v) is 7.21. The van der Waals surface area contributed by atoms with Gasteiger partial charge in [0.2, 0.25) is 0 Å². The number of rotatable bonds is 5. The van der Waals surface area contributed by atoms with Gasteiger partial charge < -0.3 is 14.8 Å². The average molecular weight is 305 g/mol. The molecule has 22 heavy (non-hydrogen) atoms. The second kappa shape index (κ2) is 7.17. The number of hydrogen-bond donors (Lipinski definition) is 1. The predicted molar refractivity (Wildman–Crippen MR) is 79.6 cm³/mol. The number of ketones is 1. The number of nitrogens with one attached hydrogen (secondary N) is 1. The van der Waals surface area contributed by atoms with Gasteiger partial charge in [-0.3, -0.25) is 9.59 Å². The second-order valence-electron chi connectivity index (χ2n) is 5.21. The maximum Gasteiger partial charge on any atom is 0.336 e. The van der Waals surface area contributed by atoms with E-state index in [1.165, 1.54) is 13.8 Å². The van der Waals surface area contributed by atoms with Gasteiger partial charge in [-0.15, -0.1) is 0 Å². The number of carbonyl (C=O) groups excluding carboxylic acids is 3. The Bertz CT molecular complexity index is 578. The van der Waals surface area contributed by atoms with Crippen LogP contribution in [0.4, 0.5) is 5.69 Å². The SMILES string of the molecule is CC(=O)c1cccc(NC(=O)[C@@H](C)OC(=O)[C@H]2CCCO2)c1. The molecule has 1 aromatic rings. The first kappa shape index (κ1) is 16.2. The standard InChI is InChI=1S/C16H19NO5/c1-10(18)12-5-3-6-13(9-12)17-15(19)11(2)22-16(20)14-7-4-8-21-14/h3,5-6,9,11,14H,4,7-8H2,1-2H3,(H,17,19)/t11-,14-/m1/s1. The van der Waals surface area contributed by atoms with Gasteiger partial charge in [-0.2, -0.15) is 0 Å². The van der Waals surface area contributed by atoms with E-state index in [4.69, 9.17) is 9.47 Å². The van der Waals surface area contributed by atoms with Gasteiger partial charge in [0.25, 0.3) is 5.91 Å². The number of amides is 1. The van der Waals surface area contributed by atoms with E-state index in [0.29, 0.717) is 24.3 Å². The van der Waals surface area contributed by atoms with Crippen LogP contribution >= 0.6 is 0 Å². The third-order valence-corrected chi connectivity index (χ3v) is 3.39. The van der Waals surface area contributed by atoms with E-state index < -0.39 is 24.1 Å². The van der Waals surface area contributed by atoms with Crippen LogP contribution in [0.2, 0.25) is 0 Å². The molecular formula is C16H19NO5. The molecule has 0 aliphatic carbocycles. The molecular weight excluding hydrogens is 286 g/mol. The monoisotopic (exact) mass is 305 g/mol. The number of benzene rings is 1. The smallest absolute Gasteiger partial charge is 0.336 e. The Hall–Kier alpha value is -2.21. The quantitative estimate of drug-likeness (QED) is 0.664. The molecule has 0 bridgehead atoms. The molecule has 0 spiro atoms. The van der Waals surface area contributed by atoms with Crippen LogP contribution in [0.1, 0.15) is 37.0 Å². The molecule has 0 aromatic heterocycles. The number of esters is 1. The summed E-state index contributed by atoms with van der Waals surface area (Å²) in [6.07, 6.45) is -0.0691. The maximum atomic E-state index is 12.0. The molecule has 0 radical (unpaired) electrons. The van der Waals surface area contributed by atoms with Crippen molar-refractivity contribution in [3.63, 3.8) is 0 Å². The molecule has 1 heterocycles. The highest BCUT2D eigenvalue weighted by Gasteiger charge is 2.28. The Balaban J connectivity index is 1.92. The van der Waals surface area contributed by atoms with Gasteiger partial charge in [0.15, 0.2) is 18.0 Å². The predicted octanol–water partition coefficient (Wildman–Crippen LogP) is 1.94. The molecule has 1 fully saturated rings. The molecule has 1 aliphatic heterocycles. The van der Waals surface area contributed by atoms with Crippen LogP contribution in [0, 0.1) is 0 Å². The van der Waals surface area contributed by atoms with Crippen LogP contribution in [0.15, 0.2) is 24.3 Å². The van der Waals surface area contributed by atoms with Crippen molar-refractivity contribution in [1.29, 1.82) is 0 Å². The van der Waals surface area contributed by atoms with Gasteiger partial charge in [-0.05, 0) is 38.8 Å². The Morgan fingerprint density at radius 3 is 2.77 bits per heavy atom. The first-order valence-electron chi connectivity index (χ1n) is 7.21.